The molecule has 0 radical (unpaired) electrons. The number of benzene rings is 2. The molecule has 0 aliphatic carbocycles. The monoisotopic (exact) mass is 380 g/mol. The summed E-state index contributed by atoms with van der Waals surface area (Å²) < 4.78 is 0. The molecule has 1 aliphatic heterocycles. The van der Waals surface area contributed by atoms with Crippen molar-refractivity contribution in [2.75, 3.05) is 11.9 Å². The number of carbonyl (C=O) groups excluding carboxylic acids is 1. The summed E-state index contributed by atoms with van der Waals surface area (Å²) in [7, 11) is 0. The summed E-state index contributed by atoms with van der Waals surface area (Å²) in [5.74, 6) is 0.00941. The highest BCUT2D eigenvalue weighted by atomic mass is 35.5. The molecule has 0 bridgehead atoms. The molecule has 1 amide bonds. The van der Waals surface area contributed by atoms with Crippen LogP contribution in [0.4, 0.5) is 5.69 Å². The first-order valence-corrected chi connectivity index (χ1v) is 9.38. The minimum atomic E-state index is 0.00941. The van der Waals surface area contributed by atoms with Gasteiger partial charge >= 0.3 is 0 Å². The second-order valence-corrected chi connectivity index (χ2v) is 7.19. The number of carbonyl (C=O) groups is 1. The fraction of sp³-hybridized carbons (Fsp3) is 0.238. The molecule has 5 nitrogen and oxygen atoms in total. The van der Waals surface area contributed by atoms with E-state index >= 15 is 0 Å². The quantitative estimate of drug-likeness (QED) is 0.698. The van der Waals surface area contributed by atoms with Crippen LogP contribution >= 0.6 is 11.6 Å². The Morgan fingerprint density at radius 2 is 2.07 bits per heavy atom. The SMILES string of the molecule is Cc1[nH]cnc1CN1CCc2cc(NCc3ccccc3)c(Cl)cc2C1=O. The number of rotatable bonds is 5. The van der Waals surface area contributed by atoms with Gasteiger partial charge in [-0.25, -0.2) is 4.98 Å². The van der Waals surface area contributed by atoms with Gasteiger partial charge in [-0.05, 0) is 36.6 Å². The van der Waals surface area contributed by atoms with E-state index in [1.165, 1.54) is 5.56 Å². The zero-order valence-corrected chi connectivity index (χ0v) is 15.9. The van der Waals surface area contributed by atoms with Crippen LogP contribution in [-0.2, 0) is 19.5 Å². The summed E-state index contributed by atoms with van der Waals surface area (Å²) in [4.78, 5) is 22.1. The molecule has 1 aliphatic rings. The lowest BCUT2D eigenvalue weighted by atomic mass is 9.98. The number of amides is 1. The number of anilines is 1. The van der Waals surface area contributed by atoms with Crippen LogP contribution in [0, 0.1) is 6.92 Å². The fourth-order valence-electron chi connectivity index (χ4n) is 3.36. The third-order valence-electron chi connectivity index (χ3n) is 4.96. The van der Waals surface area contributed by atoms with Gasteiger partial charge in [-0.2, -0.15) is 0 Å². The standard InChI is InChI=1S/C21H21ClN4O/c1-14-20(25-13-24-14)12-26-8-7-16-9-19(18(22)10-17(16)21(26)27)23-11-15-5-3-2-4-6-15/h2-6,9-10,13,23H,7-8,11-12H2,1H3,(H,24,25). The number of fused-ring (bicyclic) bond motifs is 1. The van der Waals surface area contributed by atoms with Crippen LogP contribution in [0.5, 0.6) is 0 Å². The lowest BCUT2D eigenvalue weighted by molar-refractivity contribution is 0.0725. The molecule has 27 heavy (non-hydrogen) atoms. The van der Waals surface area contributed by atoms with Gasteiger partial charge < -0.3 is 15.2 Å². The van der Waals surface area contributed by atoms with Crippen molar-refractivity contribution >= 4 is 23.2 Å². The van der Waals surface area contributed by atoms with Crippen molar-refractivity contribution in [2.45, 2.75) is 26.4 Å². The Labute approximate surface area is 163 Å². The summed E-state index contributed by atoms with van der Waals surface area (Å²) in [5, 5.41) is 3.94. The van der Waals surface area contributed by atoms with Crippen molar-refractivity contribution in [1.29, 1.82) is 0 Å². The number of H-pyrrole nitrogens is 1. The minimum Gasteiger partial charge on any atom is -0.380 e. The number of hydrogen-bond acceptors (Lipinski definition) is 3. The summed E-state index contributed by atoms with van der Waals surface area (Å²) in [5.41, 5.74) is 5.66. The molecule has 0 atom stereocenters. The van der Waals surface area contributed by atoms with Crippen molar-refractivity contribution < 1.29 is 4.79 Å². The maximum absolute atomic E-state index is 12.9. The third kappa shape index (κ3) is 3.69. The van der Waals surface area contributed by atoms with Gasteiger partial charge in [-0.15, -0.1) is 0 Å². The summed E-state index contributed by atoms with van der Waals surface area (Å²) >= 11 is 6.46. The first kappa shape index (κ1) is 17.6. The van der Waals surface area contributed by atoms with Crippen LogP contribution in [0.25, 0.3) is 0 Å². The van der Waals surface area contributed by atoms with E-state index in [1.54, 1.807) is 12.4 Å². The van der Waals surface area contributed by atoms with Crippen LogP contribution < -0.4 is 5.32 Å². The Morgan fingerprint density at radius 1 is 1.26 bits per heavy atom. The predicted octanol–water partition coefficient (Wildman–Crippen LogP) is 4.18. The average Bonchev–Trinajstić information content (AvgIpc) is 3.08. The molecular weight excluding hydrogens is 360 g/mol. The number of nitrogens with one attached hydrogen (secondary N) is 2. The normalized spacial score (nSPS) is 13.6. The molecule has 0 unspecified atom stereocenters. The van der Waals surface area contributed by atoms with Gasteiger partial charge in [0.25, 0.3) is 5.91 Å². The maximum Gasteiger partial charge on any atom is 0.254 e. The fourth-order valence-corrected chi connectivity index (χ4v) is 3.59. The molecule has 0 fully saturated rings. The molecule has 3 aromatic rings. The van der Waals surface area contributed by atoms with Gasteiger partial charge in [0, 0.05) is 24.3 Å². The highest BCUT2D eigenvalue weighted by Gasteiger charge is 2.26. The van der Waals surface area contributed by atoms with E-state index in [0.29, 0.717) is 30.2 Å². The van der Waals surface area contributed by atoms with Crippen LogP contribution in [0.2, 0.25) is 5.02 Å². The number of aromatic amines is 1. The highest BCUT2D eigenvalue weighted by molar-refractivity contribution is 6.33. The zero-order chi connectivity index (χ0) is 18.8. The molecule has 4 rings (SSSR count). The van der Waals surface area contributed by atoms with Gasteiger partial charge in [0.05, 0.1) is 29.3 Å². The molecule has 0 saturated carbocycles. The Kier molecular flexibility index (Phi) is 4.86. The van der Waals surface area contributed by atoms with Crippen molar-refractivity contribution in [3.8, 4) is 0 Å². The van der Waals surface area contributed by atoms with Gasteiger partial charge in [0.15, 0.2) is 0 Å². The van der Waals surface area contributed by atoms with E-state index in [4.69, 9.17) is 11.6 Å². The first-order chi connectivity index (χ1) is 13.1. The Balaban J connectivity index is 1.51. The van der Waals surface area contributed by atoms with Gasteiger partial charge in [0.2, 0.25) is 0 Å². The maximum atomic E-state index is 12.9. The van der Waals surface area contributed by atoms with E-state index in [-0.39, 0.29) is 5.91 Å². The van der Waals surface area contributed by atoms with Gasteiger partial charge in [0.1, 0.15) is 0 Å². The Bertz CT molecular complexity index is 968. The van der Waals surface area contributed by atoms with Crippen molar-refractivity contribution in [3.63, 3.8) is 0 Å². The van der Waals surface area contributed by atoms with E-state index in [9.17, 15) is 4.79 Å². The Hall–Kier alpha value is -2.79. The number of hydrogen-bond donors (Lipinski definition) is 2. The average molecular weight is 381 g/mol. The number of imidazole rings is 1. The van der Waals surface area contributed by atoms with Gasteiger partial charge in [-0.3, -0.25) is 4.79 Å². The first-order valence-electron chi connectivity index (χ1n) is 9.00. The van der Waals surface area contributed by atoms with E-state index < -0.39 is 0 Å². The van der Waals surface area contributed by atoms with Crippen molar-refractivity contribution in [1.82, 2.24) is 14.9 Å². The largest absolute Gasteiger partial charge is 0.380 e. The Morgan fingerprint density at radius 3 is 2.81 bits per heavy atom. The summed E-state index contributed by atoms with van der Waals surface area (Å²) in [6, 6.07) is 14.0. The van der Waals surface area contributed by atoms with Crippen LogP contribution in [-0.4, -0.2) is 27.3 Å². The molecule has 138 valence electrons. The molecule has 0 saturated heterocycles. The second kappa shape index (κ2) is 7.45. The zero-order valence-electron chi connectivity index (χ0n) is 15.1. The molecule has 1 aromatic heterocycles. The molecule has 0 spiro atoms. The number of halogens is 1. The highest BCUT2D eigenvalue weighted by Crippen LogP contribution is 2.30. The smallest absolute Gasteiger partial charge is 0.254 e. The van der Waals surface area contributed by atoms with E-state index in [1.807, 2.05) is 36.1 Å². The molecule has 6 heteroatoms. The topological polar surface area (TPSA) is 61.0 Å². The van der Waals surface area contributed by atoms with E-state index in [0.717, 1.165) is 29.1 Å². The molecule has 2 N–H and O–H groups in total. The van der Waals surface area contributed by atoms with Gasteiger partial charge in [-0.1, -0.05) is 41.9 Å². The van der Waals surface area contributed by atoms with Crippen LogP contribution in [0.15, 0.2) is 48.8 Å². The summed E-state index contributed by atoms with van der Waals surface area (Å²) in [6.45, 7) is 3.85. The number of aryl methyl sites for hydroxylation is 1. The lowest BCUT2D eigenvalue weighted by Gasteiger charge is -2.29. The third-order valence-corrected chi connectivity index (χ3v) is 5.28. The molecule has 2 heterocycles. The van der Waals surface area contributed by atoms with Crippen molar-refractivity contribution in [2.24, 2.45) is 0 Å². The predicted molar refractivity (Wildman–Crippen MR) is 107 cm³/mol. The molecule has 2 aromatic carbocycles. The second-order valence-electron chi connectivity index (χ2n) is 6.78. The molecular formula is C21H21ClN4O. The number of aromatic nitrogens is 2. The lowest BCUT2D eigenvalue weighted by Crippen LogP contribution is -2.37. The van der Waals surface area contributed by atoms with E-state index in [2.05, 4.69) is 27.4 Å². The van der Waals surface area contributed by atoms with Crippen LogP contribution in [0.3, 0.4) is 0 Å². The summed E-state index contributed by atoms with van der Waals surface area (Å²) in [6.07, 6.45) is 2.47. The minimum absolute atomic E-state index is 0.00941. The number of nitrogens with zero attached hydrogens (tertiary/aromatic N) is 2. The van der Waals surface area contributed by atoms with Crippen molar-refractivity contribution in [3.05, 3.63) is 81.9 Å². The van der Waals surface area contributed by atoms with Crippen LogP contribution in [0.1, 0.15) is 32.9 Å².